The van der Waals surface area contributed by atoms with Gasteiger partial charge in [0.25, 0.3) is 5.91 Å². The molecule has 4 heteroatoms. The highest BCUT2D eigenvalue weighted by Gasteiger charge is 2.29. The van der Waals surface area contributed by atoms with E-state index in [1.165, 1.54) is 0 Å². The van der Waals surface area contributed by atoms with E-state index in [4.69, 9.17) is 0 Å². The molecule has 0 radical (unpaired) electrons. The summed E-state index contributed by atoms with van der Waals surface area (Å²) in [5.41, 5.74) is 0.677. The number of nitrogens with zero attached hydrogens (tertiary/aromatic N) is 3. The van der Waals surface area contributed by atoms with Crippen molar-refractivity contribution in [1.82, 2.24) is 14.8 Å². The highest BCUT2D eigenvalue weighted by Crippen LogP contribution is 2.15. The van der Waals surface area contributed by atoms with Crippen LogP contribution < -0.4 is 0 Å². The molecular weight excluding hydrogens is 214 g/mol. The van der Waals surface area contributed by atoms with Gasteiger partial charge in [-0.15, -0.1) is 0 Å². The van der Waals surface area contributed by atoms with Gasteiger partial charge in [0.15, 0.2) is 0 Å². The first-order valence-electron chi connectivity index (χ1n) is 6.01. The van der Waals surface area contributed by atoms with Crippen LogP contribution in [0.15, 0.2) is 24.5 Å². The summed E-state index contributed by atoms with van der Waals surface area (Å²) in [6.45, 7) is 5.88. The predicted octanol–water partition coefficient (Wildman–Crippen LogP) is 1.25. The SMILES string of the molecule is CC1CN(C(=O)c2cccnc2)CC(C)N1C. The molecular formula is C13H19N3O. The van der Waals surface area contributed by atoms with Gasteiger partial charge in [0.2, 0.25) is 0 Å². The monoisotopic (exact) mass is 233 g/mol. The topological polar surface area (TPSA) is 36.4 Å². The molecule has 0 saturated carbocycles. The molecule has 0 bridgehead atoms. The van der Waals surface area contributed by atoms with E-state index in [2.05, 4.69) is 30.8 Å². The maximum Gasteiger partial charge on any atom is 0.255 e. The fourth-order valence-electron chi connectivity index (χ4n) is 2.24. The first kappa shape index (κ1) is 12.0. The van der Waals surface area contributed by atoms with Crippen LogP contribution in [0.3, 0.4) is 0 Å². The first-order chi connectivity index (χ1) is 8.09. The molecule has 1 aliphatic heterocycles. The van der Waals surface area contributed by atoms with Crippen LogP contribution in [0, 0.1) is 0 Å². The van der Waals surface area contributed by atoms with E-state index < -0.39 is 0 Å². The Hall–Kier alpha value is -1.42. The zero-order chi connectivity index (χ0) is 12.4. The lowest BCUT2D eigenvalue weighted by Gasteiger charge is -2.42. The van der Waals surface area contributed by atoms with Crippen LogP contribution in [0.25, 0.3) is 0 Å². The van der Waals surface area contributed by atoms with Gasteiger partial charge in [0, 0.05) is 37.6 Å². The lowest BCUT2D eigenvalue weighted by Crippen LogP contribution is -2.56. The highest BCUT2D eigenvalue weighted by atomic mass is 16.2. The van der Waals surface area contributed by atoms with Gasteiger partial charge in [-0.3, -0.25) is 14.7 Å². The Morgan fingerprint density at radius 1 is 1.35 bits per heavy atom. The minimum atomic E-state index is 0.0879. The molecule has 92 valence electrons. The minimum Gasteiger partial charge on any atom is -0.335 e. The van der Waals surface area contributed by atoms with E-state index in [0.29, 0.717) is 17.6 Å². The number of carbonyl (C=O) groups is 1. The quantitative estimate of drug-likeness (QED) is 0.732. The largest absolute Gasteiger partial charge is 0.335 e. The Morgan fingerprint density at radius 2 is 2.00 bits per heavy atom. The second kappa shape index (κ2) is 4.84. The van der Waals surface area contributed by atoms with Gasteiger partial charge < -0.3 is 4.90 Å². The molecule has 2 rings (SSSR count). The van der Waals surface area contributed by atoms with Gasteiger partial charge in [-0.25, -0.2) is 0 Å². The number of amides is 1. The third-order valence-electron chi connectivity index (χ3n) is 3.56. The van der Waals surface area contributed by atoms with Gasteiger partial charge in [0.1, 0.15) is 0 Å². The third-order valence-corrected chi connectivity index (χ3v) is 3.56. The van der Waals surface area contributed by atoms with Gasteiger partial charge >= 0.3 is 0 Å². The van der Waals surface area contributed by atoms with Crippen molar-refractivity contribution in [1.29, 1.82) is 0 Å². The smallest absolute Gasteiger partial charge is 0.255 e. The summed E-state index contributed by atoms with van der Waals surface area (Å²) in [7, 11) is 2.11. The molecule has 0 aliphatic carbocycles. The average molecular weight is 233 g/mol. The van der Waals surface area contributed by atoms with E-state index in [0.717, 1.165) is 13.1 Å². The number of carbonyl (C=O) groups excluding carboxylic acids is 1. The summed E-state index contributed by atoms with van der Waals surface area (Å²) in [6, 6.07) is 4.43. The van der Waals surface area contributed by atoms with Crippen LogP contribution in [0.4, 0.5) is 0 Å². The summed E-state index contributed by atoms with van der Waals surface area (Å²) in [4.78, 5) is 20.5. The Kier molecular flexibility index (Phi) is 3.43. The van der Waals surface area contributed by atoms with Crippen molar-refractivity contribution in [2.45, 2.75) is 25.9 Å². The zero-order valence-electron chi connectivity index (χ0n) is 10.6. The van der Waals surface area contributed by atoms with Crippen LogP contribution in [-0.2, 0) is 0 Å². The van der Waals surface area contributed by atoms with Crippen molar-refractivity contribution >= 4 is 5.91 Å². The second-order valence-electron chi connectivity index (χ2n) is 4.82. The van der Waals surface area contributed by atoms with Gasteiger partial charge in [0.05, 0.1) is 5.56 Å². The number of hydrogen-bond donors (Lipinski definition) is 0. The molecule has 1 saturated heterocycles. The molecule has 17 heavy (non-hydrogen) atoms. The zero-order valence-corrected chi connectivity index (χ0v) is 10.6. The summed E-state index contributed by atoms with van der Waals surface area (Å²) < 4.78 is 0. The predicted molar refractivity (Wildman–Crippen MR) is 66.8 cm³/mol. The number of piperazine rings is 1. The Bertz CT molecular complexity index is 381. The molecule has 2 atom stereocenters. The standard InChI is InChI=1S/C13H19N3O/c1-10-8-16(9-11(2)15(10)3)13(17)12-5-4-6-14-7-12/h4-7,10-11H,8-9H2,1-3H3. The van der Waals surface area contributed by atoms with Crippen molar-refractivity contribution in [3.05, 3.63) is 30.1 Å². The number of aromatic nitrogens is 1. The maximum atomic E-state index is 12.3. The molecule has 1 aromatic heterocycles. The van der Waals surface area contributed by atoms with Crippen molar-refractivity contribution < 1.29 is 4.79 Å². The molecule has 1 fully saturated rings. The fourth-order valence-corrected chi connectivity index (χ4v) is 2.24. The van der Waals surface area contributed by atoms with Crippen LogP contribution in [0.5, 0.6) is 0 Å². The summed E-state index contributed by atoms with van der Waals surface area (Å²) in [5.74, 6) is 0.0879. The molecule has 4 nitrogen and oxygen atoms in total. The van der Waals surface area contributed by atoms with E-state index in [1.54, 1.807) is 18.5 Å². The first-order valence-corrected chi connectivity index (χ1v) is 6.01. The van der Waals surface area contributed by atoms with Gasteiger partial charge in [-0.1, -0.05) is 0 Å². The second-order valence-corrected chi connectivity index (χ2v) is 4.82. The van der Waals surface area contributed by atoms with Gasteiger partial charge in [-0.2, -0.15) is 0 Å². The number of rotatable bonds is 1. The summed E-state index contributed by atoms with van der Waals surface area (Å²) >= 11 is 0. The molecule has 0 aromatic carbocycles. The minimum absolute atomic E-state index is 0.0879. The molecule has 2 heterocycles. The number of pyridine rings is 1. The lowest BCUT2D eigenvalue weighted by atomic mass is 10.1. The van der Waals surface area contributed by atoms with Crippen LogP contribution in [0.2, 0.25) is 0 Å². The van der Waals surface area contributed by atoms with Crippen LogP contribution >= 0.6 is 0 Å². The number of hydrogen-bond acceptors (Lipinski definition) is 3. The van der Waals surface area contributed by atoms with Crippen molar-refractivity contribution in [3.63, 3.8) is 0 Å². The van der Waals surface area contributed by atoms with Crippen molar-refractivity contribution in [2.24, 2.45) is 0 Å². The molecule has 2 unspecified atom stereocenters. The molecule has 0 N–H and O–H groups in total. The Balaban J connectivity index is 2.11. The number of likely N-dealkylation sites (N-methyl/N-ethyl adjacent to an activating group) is 1. The van der Waals surface area contributed by atoms with E-state index in [9.17, 15) is 4.79 Å². The molecule has 1 aromatic rings. The fraction of sp³-hybridized carbons (Fsp3) is 0.538. The maximum absolute atomic E-state index is 12.3. The Morgan fingerprint density at radius 3 is 2.53 bits per heavy atom. The lowest BCUT2D eigenvalue weighted by molar-refractivity contribution is 0.0414. The summed E-state index contributed by atoms with van der Waals surface area (Å²) in [5, 5.41) is 0. The van der Waals surface area contributed by atoms with E-state index >= 15 is 0 Å². The van der Waals surface area contributed by atoms with Crippen LogP contribution in [-0.4, -0.2) is 52.9 Å². The Labute approximate surface area is 102 Å². The normalized spacial score (nSPS) is 25.9. The highest BCUT2D eigenvalue weighted by molar-refractivity contribution is 5.94. The molecule has 0 spiro atoms. The van der Waals surface area contributed by atoms with E-state index in [-0.39, 0.29) is 5.91 Å². The van der Waals surface area contributed by atoms with Crippen molar-refractivity contribution in [3.8, 4) is 0 Å². The van der Waals surface area contributed by atoms with Gasteiger partial charge in [-0.05, 0) is 33.0 Å². The molecule has 1 aliphatic rings. The summed E-state index contributed by atoms with van der Waals surface area (Å²) in [6.07, 6.45) is 3.32. The molecule has 1 amide bonds. The van der Waals surface area contributed by atoms with Crippen molar-refractivity contribution in [2.75, 3.05) is 20.1 Å². The average Bonchev–Trinajstić information content (AvgIpc) is 2.35. The van der Waals surface area contributed by atoms with E-state index in [1.807, 2.05) is 11.0 Å². The van der Waals surface area contributed by atoms with Crippen LogP contribution in [0.1, 0.15) is 24.2 Å². The third kappa shape index (κ3) is 2.47.